The second-order valence-electron chi connectivity index (χ2n) is 5.84. The van der Waals surface area contributed by atoms with Gasteiger partial charge in [0.05, 0.1) is 10.7 Å². The molecule has 5 nitrogen and oxygen atoms in total. The summed E-state index contributed by atoms with van der Waals surface area (Å²) in [5.41, 5.74) is 8.98. The molecule has 0 aliphatic carbocycles. The lowest BCUT2D eigenvalue weighted by Gasteiger charge is -2.16. The highest BCUT2D eigenvalue weighted by Gasteiger charge is 2.18. The van der Waals surface area contributed by atoms with E-state index in [9.17, 15) is 9.59 Å². The van der Waals surface area contributed by atoms with E-state index in [2.05, 4.69) is 10.6 Å². The Balaban J connectivity index is 2.15. The van der Waals surface area contributed by atoms with Crippen LogP contribution in [-0.4, -0.2) is 11.8 Å². The number of aryl methyl sites for hydroxylation is 1. The molecule has 2 aromatic carbocycles. The fourth-order valence-electron chi connectivity index (χ4n) is 2.31. The topological polar surface area (TPSA) is 84.2 Å². The molecule has 0 bridgehead atoms. The van der Waals surface area contributed by atoms with Crippen molar-refractivity contribution in [2.45, 2.75) is 26.7 Å². The van der Waals surface area contributed by atoms with Gasteiger partial charge in [0.2, 0.25) is 0 Å². The second-order valence-corrected chi connectivity index (χ2v) is 6.25. The highest BCUT2D eigenvalue weighted by atomic mass is 35.5. The van der Waals surface area contributed by atoms with E-state index in [1.165, 1.54) is 6.07 Å². The molecule has 2 amide bonds. The Kier molecular flexibility index (Phi) is 5.46. The first-order chi connectivity index (χ1) is 11.3. The summed E-state index contributed by atoms with van der Waals surface area (Å²) in [6, 6.07) is 10.4. The fourth-order valence-corrected chi connectivity index (χ4v) is 2.49. The number of carbonyl (C=O) groups excluding carboxylic acids is 2. The number of halogens is 1. The number of benzene rings is 2. The number of anilines is 3. The summed E-state index contributed by atoms with van der Waals surface area (Å²) >= 11 is 5.91. The van der Waals surface area contributed by atoms with Crippen molar-refractivity contribution in [3.63, 3.8) is 0 Å². The maximum Gasteiger partial charge on any atom is 0.314 e. The maximum absolute atomic E-state index is 12.2. The molecular weight excluding hydrogens is 326 g/mol. The highest BCUT2D eigenvalue weighted by molar-refractivity contribution is 6.44. The van der Waals surface area contributed by atoms with Crippen molar-refractivity contribution < 1.29 is 9.59 Å². The number of amides is 2. The molecule has 0 atom stereocenters. The minimum Gasteiger partial charge on any atom is -0.398 e. The van der Waals surface area contributed by atoms with Crippen molar-refractivity contribution in [1.29, 1.82) is 0 Å². The van der Waals surface area contributed by atoms with Gasteiger partial charge in [-0.25, -0.2) is 0 Å². The lowest BCUT2D eigenvalue weighted by Crippen LogP contribution is -2.29. The minimum atomic E-state index is -0.770. The lowest BCUT2D eigenvalue weighted by molar-refractivity contribution is -0.133. The Morgan fingerprint density at radius 3 is 2.38 bits per heavy atom. The zero-order valence-electron chi connectivity index (χ0n) is 13.8. The predicted molar refractivity (Wildman–Crippen MR) is 98.4 cm³/mol. The van der Waals surface area contributed by atoms with E-state index in [4.69, 9.17) is 17.3 Å². The van der Waals surface area contributed by atoms with Crippen LogP contribution in [0.2, 0.25) is 5.02 Å². The fraction of sp³-hybridized carbons (Fsp3) is 0.222. The van der Waals surface area contributed by atoms with Crippen LogP contribution in [0.5, 0.6) is 0 Å². The van der Waals surface area contributed by atoms with E-state index in [1.54, 1.807) is 12.1 Å². The molecular formula is C18H20ClN3O2. The molecule has 0 aliphatic heterocycles. The number of rotatable bonds is 3. The van der Waals surface area contributed by atoms with Crippen LogP contribution >= 0.6 is 11.6 Å². The van der Waals surface area contributed by atoms with Gasteiger partial charge in [-0.3, -0.25) is 9.59 Å². The molecule has 0 aliphatic rings. The van der Waals surface area contributed by atoms with Crippen LogP contribution in [0, 0.1) is 6.92 Å². The van der Waals surface area contributed by atoms with Crippen LogP contribution in [0.3, 0.4) is 0 Å². The van der Waals surface area contributed by atoms with Crippen LogP contribution in [0.4, 0.5) is 17.1 Å². The van der Waals surface area contributed by atoms with Gasteiger partial charge >= 0.3 is 11.8 Å². The molecule has 0 heterocycles. The molecule has 0 saturated carbocycles. The Bertz CT molecular complexity index is 788. The van der Waals surface area contributed by atoms with Crippen LogP contribution in [-0.2, 0) is 9.59 Å². The molecule has 0 spiro atoms. The molecule has 6 heteroatoms. The summed E-state index contributed by atoms with van der Waals surface area (Å²) < 4.78 is 0. The third kappa shape index (κ3) is 4.06. The number of para-hydroxylation sites is 1. The van der Waals surface area contributed by atoms with E-state index in [1.807, 2.05) is 39.0 Å². The van der Waals surface area contributed by atoms with Crippen LogP contribution in [0.25, 0.3) is 0 Å². The van der Waals surface area contributed by atoms with E-state index in [0.717, 1.165) is 11.1 Å². The predicted octanol–water partition coefficient (Wildman–Crippen LogP) is 3.93. The highest BCUT2D eigenvalue weighted by Crippen LogP contribution is 2.27. The van der Waals surface area contributed by atoms with Crippen molar-refractivity contribution in [1.82, 2.24) is 0 Å². The number of hydrogen-bond donors (Lipinski definition) is 3. The summed E-state index contributed by atoms with van der Waals surface area (Å²) in [6.07, 6.45) is 0. The Morgan fingerprint density at radius 1 is 1.08 bits per heavy atom. The molecule has 0 unspecified atom stereocenters. The molecule has 0 fully saturated rings. The number of hydrogen-bond acceptors (Lipinski definition) is 3. The molecule has 24 heavy (non-hydrogen) atoms. The first-order valence-electron chi connectivity index (χ1n) is 7.56. The van der Waals surface area contributed by atoms with E-state index in [0.29, 0.717) is 22.1 Å². The summed E-state index contributed by atoms with van der Waals surface area (Å²) in [4.78, 5) is 24.3. The van der Waals surface area contributed by atoms with E-state index < -0.39 is 11.8 Å². The van der Waals surface area contributed by atoms with Crippen LogP contribution in [0.15, 0.2) is 36.4 Å². The molecule has 4 N–H and O–H groups in total. The average molecular weight is 346 g/mol. The Morgan fingerprint density at radius 2 is 1.75 bits per heavy atom. The zero-order chi connectivity index (χ0) is 17.9. The molecule has 0 radical (unpaired) electrons. The van der Waals surface area contributed by atoms with Crippen molar-refractivity contribution in [2.75, 3.05) is 16.4 Å². The van der Waals surface area contributed by atoms with Crippen LogP contribution in [0.1, 0.15) is 30.9 Å². The van der Waals surface area contributed by atoms with Crippen molar-refractivity contribution in [3.8, 4) is 0 Å². The van der Waals surface area contributed by atoms with Gasteiger partial charge in [0.25, 0.3) is 0 Å². The molecule has 126 valence electrons. The number of carbonyl (C=O) groups is 2. The van der Waals surface area contributed by atoms with E-state index >= 15 is 0 Å². The van der Waals surface area contributed by atoms with Gasteiger partial charge in [0, 0.05) is 11.4 Å². The Hall–Kier alpha value is -2.53. The third-order valence-electron chi connectivity index (χ3n) is 3.63. The van der Waals surface area contributed by atoms with Crippen molar-refractivity contribution >= 4 is 40.5 Å². The van der Waals surface area contributed by atoms with Gasteiger partial charge in [-0.1, -0.05) is 43.6 Å². The smallest absolute Gasteiger partial charge is 0.314 e. The summed E-state index contributed by atoms with van der Waals surface area (Å²) in [5.74, 6) is -1.29. The quantitative estimate of drug-likeness (QED) is 0.582. The summed E-state index contributed by atoms with van der Waals surface area (Å²) in [5, 5.41) is 5.52. The molecule has 0 aromatic heterocycles. The SMILES string of the molecule is Cc1cccc(C(C)C)c1NC(=O)C(=O)Nc1ccc(N)c(Cl)c1. The molecule has 0 saturated heterocycles. The van der Waals surface area contributed by atoms with Crippen molar-refractivity contribution in [2.24, 2.45) is 0 Å². The largest absolute Gasteiger partial charge is 0.398 e. The van der Waals surface area contributed by atoms with Crippen molar-refractivity contribution in [3.05, 3.63) is 52.5 Å². The molecule has 2 rings (SSSR count). The average Bonchev–Trinajstić information content (AvgIpc) is 2.52. The zero-order valence-corrected chi connectivity index (χ0v) is 14.6. The first-order valence-corrected chi connectivity index (χ1v) is 7.94. The Labute approximate surface area is 146 Å². The van der Waals surface area contributed by atoms with Crippen LogP contribution < -0.4 is 16.4 Å². The van der Waals surface area contributed by atoms with Gasteiger partial charge < -0.3 is 16.4 Å². The van der Waals surface area contributed by atoms with Gasteiger partial charge in [-0.2, -0.15) is 0 Å². The van der Waals surface area contributed by atoms with Gasteiger partial charge in [0.1, 0.15) is 0 Å². The van der Waals surface area contributed by atoms with Gasteiger partial charge in [-0.15, -0.1) is 0 Å². The first kappa shape index (κ1) is 17.8. The third-order valence-corrected chi connectivity index (χ3v) is 3.96. The second kappa shape index (κ2) is 7.36. The normalized spacial score (nSPS) is 10.5. The lowest BCUT2D eigenvalue weighted by atomic mass is 9.98. The number of nitrogen functional groups attached to an aromatic ring is 1. The summed E-state index contributed by atoms with van der Waals surface area (Å²) in [6.45, 7) is 5.95. The monoisotopic (exact) mass is 345 g/mol. The number of nitrogens with one attached hydrogen (secondary N) is 2. The van der Waals surface area contributed by atoms with E-state index in [-0.39, 0.29) is 5.92 Å². The standard InChI is InChI=1S/C18H20ClN3O2/c1-10(2)13-6-4-5-11(3)16(13)22-18(24)17(23)21-12-7-8-15(20)14(19)9-12/h4-10H,20H2,1-3H3,(H,21,23)(H,22,24). The van der Waals surface area contributed by atoms with Gasteiger partial charge in [-0.05, 0) is 42.2 Å². The number of nitrogens with two attached hydrogens (primary N) is 1. The van der Waals surface area contributed by atoms with Gasteiger partial charge in [0.15, 0.2) is 0 Å². The molecule has 2 aromatic rings. The minimum absolute atomic E-state index is 0.221. The summed E-state index contributed by atoms with van der Waals surface area (Å²) in [7, 11) is 0. The maximum atomic E-state index is 12.2.